The SMILES string of the molecule is CCc1c(CC(N)=O)c2cc(C(CC=O)P(=O)(O)OC)ccc2n1Cc1ccccc1. The van der Waals surface area contributed by atoms with E-state index in [4.69, 9.17) is 10.3 Å². The number of aldehydes is 1. The fourth-order valence-corrected chi connectivity index (χ4v) is 5.24. The number of nitrogens with two attached hydrogens (primary N) is 1. The Labute approximate surface area is 181 Å². The maximum Gasteiger partial charge on any atom is 0.335 e. The molecule has 0 bridgehead atoms. The molecule has 164 valence electrons. The van der Waals surface area contributed by atoms with Gasteiger partial charge in [0.25, 0.3) is 0 Å². The zero-order chi connectivity index (χ0) is 22.6. The minimum absolute atomic E-state index is 0.0598. The first-order valence-electron chi connectivity index (χ1n) is 10.1. The topological polar surface area (TPSA) is 112 Å². The van der Waals surface area contributed by atoms with Crippen LogP contribution in [0.25, 0.3) is 10.9 Å². The van der Waals surface area contributed by atoms with Crippen LogP contribution >= 0.6 is 7.60 Å². The summed E-state index contributed by atoms with van der Waals surface area (Å²) in [6.45, 7) is 2.64. The number of hydrogen-bond donors (Lipinski definition) is 2. The van der Waals surface area contributed by atoms with Gasteiger partial charge in [-0.25, -0.2) is 0 Å². The Bertz CT molecular complexity index is 1140. The summed E-state index contributed by atoms with van der Waals surface area (Å²) < 4.78 is 19.5. The lowest BCUT2D eigenvalue weighted by Crippen LogP contribution is -2.15. The van der Waals surface area contributed by atoms with Crippen LogP contribution in [0, 0.1) is 0 Å². The van der Waals surface area contributed by atoms with E-state index in [1.54, 1.807) is 12.1 Å². The summed E-state index contributed by atoms with van der Waals surface area (Å²) >= 11 is 0. The lowest BCUT2D eigenvalue weighted by atomic mass is 10.0. The minimum Gasteiger partial charge on any atom is -0.369 e. The molecule has 0 spiro atoms. The lowest BCUT2D eigenvalue weighted by Gasteiger charge is -2.20. The van der Waals surface area contributed by atoms with Crippen LogP contribution in [0.4, 0.5) is 0 Å². The number of carbonyl (C=O) groups excluding carboxylic acids is 2. The van der Waals surface area contributed by atoms with Gasteiger partial charge in [-0.1, -0.05) is 43.3 Å². The van der Waals surface area contributed by atoms with E-state index in [9.17, 15) is 19.0 Å². The van der Waals surface area contributed by atoms with Gasteiger partial charge in [0.05, 0.1) is 12.1 Å². The molecular formula is C23H27N2O5P. The smallest absolute Gasteiger partial charge is 0.335 e. The van der Waals surface area contributed by atoms with Crippen LogP contribution in [-0.2, 0) is 38.1 Å². The Morgan fingerprint density at radius 1 is 1.26 bits per heavy atom. The average Bonchev–Trinajstić information content (AvgIpc) is 3.03. The molecule has 1 amide bonds. The molecule has 0 aliphatic carbocycles. The number of carbonyl (C=O) groups is 2. The highest BCUT2D eigenvalue weighted by Crippen LogP contribution is 2.57. The molecule has 1 heterocycles. The monoisotopic (exact) mass is 442 g/mol. The quantitative estimate of drug-likeness (QED) is 0.367. The molecule has 0 saturated heterocycles. The summed E-state index contributed by atoms with van der Waals surface area (Å²) in [5.74, 6) is -0.451. The summed E-state index contributed by atoms with van der Waals surface area (Å²) in [6, 6.07) is 15.4. The predicted octanol–water partition coefficient (Wildman–Crippen LogP) is 3.74. The average molecular weight is 442 g/mol. The van der Waals surface area contributed by atoms with Crippen molar-refractivity contribution in [2.24, 2.45) is 5.73 Å². The van der Waals surface area contributed by atoms with E-state index in [0.717, 1.165) is 34.8 Å². The van der Waals surface area contributed by atoms with Gasteiger partial charge in [-0.15, -0.1) is 0 Å². The molecule has 8 heteroatoms. The summed E-state index contributed by atoms with van der Waals surface area (Å²) in [5.41, 5.74) is 8.87. The fraction of sp³-hybridized carbons (Fsp3) is 0.304. The zero-order valence-corrected chi connectivity index (χ0v) is 18.5. The van der Waals surface area contributed by atoms with Crippen LogP contribution in [0.3, 0.4) is 0 Å². The van der Waals surface area contributed by atoms with Crippen molar-refractivity contribution in [2.75, 3.05) is 7.11 Å². The van der Waals surface area contributed by atoms with Gasteiger partial charge in [0, 0.05) is 36.7 Å². The second kappa shape index (κ2) is 9.60. The van der Waals surface area contributed by atoms with Crippen molar-refractivity contribution in [3.05, 3.63) is 70.9 Å². The van der Waals surface area contributed by atoms with E-state index in [-0.39, 0.29) is 12.8 Å². The molecule has 1 aromatic heterocycles. The van der Waals surface area contributed by atoms with E-state index in [2.05, 4.69) is 4.57 Å². The molecule has 0 aliphatic heterocycles. The number of amides is 1. The number of benzene rings is 2. The van der Waals surface area contributed by atoms with Gasteiger partial charge >= 0.3 is 7.60 Å². The normalized spacial score (nSPS) is 14.3. The summed E-state index contributed by atoms with van der Waals surface area (Å²) in [6.07, 6.45) is 1.21. The molecule has 0 fully saturated rings. The van der Waals surface area contributed by atoms with E-state index < -0.39 is 19.2 Å². The van der Waals surface area contributed by atoms with Gasteiger partial charge < -0.3 is 24.5 Å². The van der Waals surface area contributed by atoms with Crippen LogP contribution in [0.5, 0.6) is 0 Å². The highest BCUT2D eigenvalue weighted by atomic mass is 31.2. The molecule has 31 heavy (non-hydrogen) atoms. The highest BCUT2D eigenvalue weighted by Gasteiger charge is 2.33. The summed E-state index contributed by atoms with van der Waals surface area (Å²) in [5, 5.41) is 0.788. The molecule has 3 rings (SSSR count). The Balaban J connectivity index is 2.23. The van der Waals surface area contributed by atoms with Crippen molar-refractivity contribution in [2.45, 2.75) is 38.4 Å². The molecule has 0 aliphatic rings. The molecule has 7 nitrogen and oxygen atoms in total. The van der Waals surface area contributed by atoms with E-state index >= 15 is 0 Å². The molecule has 2 unspecified atom stereocenters. The zero-order valence-electron chi connectivity index (χ0n) is 17.7. The lowest BCUT2D eigenvalue weighted by molar-refractivity contribution is -0.117. The van der Waals surface area contributed by atoms with E-state index in [1.165, 1.54) is 0 Å². The number of aromatic nitrogens is 1. The van der Waals surface area contributed by atoms with Gasteiger partial charge in [0.1, 0.15) is 6.29 Å². The van der Waals surface area contributed by atoms with E-state index in [0.29, 0.717) is 24.8 Å². The Hall–Kier alpha value is -2.73. The van der Waals surface area contributed by atoms with Crippen molar-refractivity contribution in [3.8, 4) is 0 Å². The van der Waals surface area contributed by atoms with Crippen molar-refractivity contribution >= 4 is 30.7 Å². The van der Waals surface area contributed by atoms with Gasteiger partial charge in [-0.2, -0.15) is 0 Å². The van der Waals surface area contributed by atoms with Crippen LogP contribution in [0.2, 0.25) is 0 Å². The van der Waals surface area contributed by atoms with Crippen molar-refractivity contribution in [3.63, 3.8) is 0 Å². The number of primary amides is 1. The molecule has 2 aromatic carbocycles. The third kappa shape index (κ3) is 4.79. The molecule has 0 saturated carbocycles. The van der Waals surface area contributed by atoms with Gasteiger partial charge in [0.2, 0.25) is 5.91 Å². The third-order valence-electron chi connectivity index (χ3n) is 5.54. The Morgan fingerprint density at radius 2 is 1.97 bits per heavy atom. The summed E-state index contributed by atoms with van der Waals surface area (Å²) in [4.78, 5) is 33.3. The van der Waals surface area contributed by atoms with Crippen molar-refractivity contribution < 1.29 is 23.6 Å². The first-order valence-corrected chi connectivity index (χ1v) is 11.7. The number of hydrogen-bond acceptors (Lipinski definition) is 4. The fourth-order valence-electron chi connectivity index (χ4n) is 4.10. The van der Waals surface area contributed by atoms with Gasteiger partial charge in [-0.3, -0.25) is 9.36 Å². The summed E-state index contributed by atoms with van der Waals surface area (Å²) in [7, 11) is -2.89. The molecule has 3 aromatic rings. The second-order valence-corrected chi connectivity index (χ2v) is 9.55. The van der Waals surface area contributed by atoms with Gasteiger partial charge in [-0.05, 0) is 35.2 Å². The van der Waals surface area contributed by atoms with Gasteiger partial charge in [0.15, 0.2) is 0 Å². The second-order valence-electron chi connectivity index (χ2n) is 7.44. The molecular weight excluding hydrogens is 415 g/mol. The predicted molar refractivity (Wildman–Crippen MR) is 120 cm³/mol. The molecule has 0 radical (unpaired) electrons. The minimum atomic E-state index is -4.04. The first kappa shape index (κ1) is 22.9. The Morgan fingerprint density at radius 3 is 2.55 bits per heavy atom. The van der Waals surface area contributed by atoms with Crippen molar-refractivity contribution in [1.29, 1.82) is 0 Å². The third-order valence-corrected chi connectivity index (χ3v) is 7.36. The van der Waals surface area contributed by atoms with Crippen LogP contribution in [-0.4, -0.2) is 28.8 Å². The largest absolute Gasteiger partial charge is 0.369 e. The number of nitrogens with zero attached hydrogens (tertiary/aromatic N) is 1. The van der Waals surface area contributed by atoms with Crippen LogP contribution in [0.1, 0.15) is 41.4 Å². The number of fused-ring (bicyclic) bond motifs is 1. The Kier molecular flexibility index (Phi) is 7.11. The van der Waals surface area contributed by atoms with E-state index in [1.807, 2.05) is 43.3 Å². The van der Waals surface area contributed by atoms with Crippen molar-refractivity contribution in [1.82, 2.24) is 4.57 Å². The van der Waals surface area contributed by atoms with Crippen LogP contribution < -0.4 is 5.73 Å². The number of rotatable bonds is 10. The maximum absolute atomic E-state index is 12.5. The first-order chi connectivity index (χ1) is 14.8. The highest BCUT2D eigenvalue weighted by molar-refractivity contribution is 7.53. The standard InChI is InChI=1S/C23H27N2O5P/c1-3-20-19(14-23(24)27)18-13-17(22(11-12-26)31(28,29)30-2)9-10-21(18)25(20)15-16-7-5-4-6-8-16/h4-10,12-13,22H,3,11,14-15H2,1-2H3,(H2,24,27)(H,28,29). The molecule has 3 N–H and O–H groups in total. The maximum atomic E-state index is 12.5. The van der Waals surface area contributed by atoms with Crippen LogP contribution in [0.15, 0.2) is 48.5 Å². The molecule has 2 atom stereocenters.